The molecular formula is C25H34FN3O3. The van der Waals surface area contributed by atoms with Gasteiger partial charge in [-0.3, -0.25) is 9.69 Å². The standard InChI is InChI=1S/C25H34FN3O3/c1-28(2)24(30)25(17-20-16-22(27-32-20)19-8-4-3-5-9-19)12-13-29(18-25)14-15-31-23-11-7-6-10-21(23)26/h6-7,10-11,16,19H,3-5,8-9,12-15,17-18H2,1-2H3/t25-/m1/s1. The van der Waals surface area contributed by atoms with Crippen molar-refractivity contribution in [1.29, 1.82) is 0 Å². The van der Waals surface area contributed by atoms with Crippen LogP contribution >= 0.6 is 0 Å². The maximum Gasteiger partial charge on any atom is 0.230 e. The molecule has 1 aromatic heterocycles. The van der Waals surface area contributed by atoms with Crippen molar-refractivity contribution in [3.05, 3.63) is 47.6 Å². The Balaban J connectivity index is 1.39. The molecule has 1 aromatic carbocycles. The highest BCUT2D eigenvalue weighted by Crippen LogP contribution is 2.38. The number of nitrogens with zero attached hydrogens (tertiary/aromatic N) is 3. The molecule has 1 saturated carbocycles. The van der Waals surface area contributed by atoms with Gasteiger partial charge >= 0.3 is 0 Å². The molecule has 32 heavy (non-hydrogen) atoms. The smallest absolute Gasteiger partial charge is 0.230 e. The Morgan fingerprint density at radius 1 is 1.28 bits per heavy atom. The van der Waals surface area contributed by atoms with Gasteiger partial charge in [0.15, 0.2) is 11.6 Å². The number of para-hydroxylation sites is 1. The van der Waals surface area contributed by atoms with Gasteiger partial charge < -0.3 is 14.2 Å². The maximum atomic E-state index is 13.8. The molecule has 1 atom stereocenters. The molecule has 1 saturated heterocycles. The molecule has 4 rings (SSSR count). The molecule has 0 unspecified atom stereocenters. The second-order valence-electron chi connectivity index (χ2n) is 9.51. The first kappa shape index (κ1) is 22.8. The molecule has 0 spiro atoms. The van der Waals surface area contributed by atoms with Gasteiger partial charge in [0, 0.05) is 45.6 Å². The van der Waals surface area contributed by atoms with E-state index in [1.165, 1.54) is 38.2 Å². The summed E-state index contributed by atoms with van der Waals surface area (Å²) in [5, 5.41) is 4.36. The minimum atomic E-state index is -0.537. The van der Waals surface area contributed by atoms with E-state index in [0.717, 1.165) is 24.4 Å². The summed E-state index contributed by atoms with van der Waals surface area (Å²) in [5.74, 6) is 1.30. The van der Waals surface area contributed by atoms with Crippen molar-refractivity contribution in [3.63, 3.8) is 0 Å². The second-order valence-corrected chi connectivity index (χ2v) is 9.51. The number of rotatable bonds is 8. The number of likely N-dealkylation sites (tertiary alicyclic amines) is 1. The van der Waals surface area contributed by atoms with Crippen LogP contribution in [0.25, 0.3) is 0 Å². The summed E-state index contributed by atoms with van der Waals surface area (Å²) in [4.78, 5) is 17.1. The molecule has 6 nitrogen and oxygen atoms in total. The van der Waals surface area contributed by atoms with E-state index in [9.17, 15) is 9.18 Å². The van der Waals surface area contributed by atoms with Crippen LogP contribution in [0.1, 0.15) is 55.9 Å². The lowest BCUT2D eigenvalue weighted by Gasteiger charge is -2.30. The number of benzene rings is 1. The second kappa shape index (κ2) is 10.0. The first-order valence-corrected chi connectivity index (χ1v) is 11.7. The van der Waals surface area contributed by atoms with Crippen molar-refractivity contribution in [2.24, 2.45) is 5.41 Å². The van der Waals surface area contributed by atoms with Crippen LogP contribution in [0.2, 0.25) is 0 Å². The normalized spacial score (nSPS) is 22.2. The number of halogens is 1. The summed E-state index contributed by atoms with van der Waals surface area (Å²) in [6, 6.07) is 8.50. The summed E-state index contributed by atoms with van der Waals surface area (Å²) in [5.41, 5.74) is 0.505. The van der Waals surface area contributed by atoms with E-state index in [0.29, 0.717) is 32.0 Å². The quantitative estimate of drug-likeness (QED) is 0.610. The van der Waals surface area contributed by atoms with Gasteiger partial charge in [-0.2, -0.15) is 0 Å². The highest BCUT2D eigenvalue weighted by atomic mass is 19.1. The van der Waals surface area contributed by atoms with E-state index in [1.54, 1.807) is 23.1 Å². The minimum absolute atomic E-state index is 0.116. The average Bonchev–Trinajstić information content (AvgIpc) is 3.43. The Morgan fingerprint density at radius 2 is 2.06 bits per heavy atom. The molecule has 0 radical (unpaired) electrons. The fourth-order valence-corrected chi connectivity index (χ4v) is 5.20. The Morgan fingerprint density at radius 3 is 2.81 bits per heavy atom. The van der Waals surface area contributed by atoms with Crippen molar-refractivity contribution in [2.75, 3.05) is 40.3 Å². The van der Waals surface area contributed by atoms with Crippen LogP contribution in [0.5, 0.6) is 5.75 Å². The van der Waals surface area contributed by atoms with E-state index in [1.807, 2.05) is 14.1 Å². The van der Waals surface area contributed by atoms with Gasteiger partial charge in [-0.15, -0.1) is 0 Å². The van der Waals surface area contributed by atoms with Crippen LogP contribution in [-0.2, 0) is 11.2 Å². The number of carbonyl (C=O) groups excluding carboxylic acids is 1. The Bertz CT molecular complexity index is 909. The highest BCUT2D eigenvalue weighted by molar-refractivity contribution is 5.83. The van der Waals surface area contributed by atoms with Crippen molar-refractivity contribution in [3.8, 4) is 5.75 Å². The molecule has 0 bridgehead atoms. The number of ether oxygens (including phenoxy) is 1. The molecule has 0 N–H and O–H groups in total. The summed E-state index contributed by atoms with van der Waals surface area (Å²) < 4.78 is 25.1. The van der Waals surface area contributed by atoms with Gasteiger partial charge in [-0.25, -0.2) is 4.39 Å². The third kappa shape index (κ3) is 5.14. The van der Waals surface area contributed by atoms with Crippen LogP contribution in [0.4, 0.5) is 4.39 Å². The number of carbonyl (C=O) groups is 1. The van der Waals surface area contributed by atoms with Gasteiger partial charge in [0.2, 0.25) is 5.91 Å². The lowest BCUT2D eigenvalue weighted by atomic mass is 9.80. The molecular weight excluding hydrogens is 409 g/mol. The predicted molar refractivity (Wildman–Crippen MR) is 120 cm³/mol. The van der Waals surface area contributed by atoms with E-state index in [4.69, 9.17) is 9.26 Å². The van der Waals surface area contributed by atoms with Crippen molar-refractivity contribution >= 4 is 5.91 Å². The first-order chi connectivity index (χ1) is 15.5. The van der Waals surface area contributed by atoms with E-state index in [-0.39, 0.29) is 17.5 Å². The van der Waals surface area contributed by atoms with Gasteiger partial charge in [0.05, 0.1) is 11.1 Å². The summed E-state index contributed by atoms with van der Waals surface area (Å²) >= 11 is 0. The fourth-order valence-electron chi connectivity index (χ4n) is 5.20. The zero-order chi connectivity index (χ0) is 22.6. The van der Waals surface area contributed by atoms with E-state index in [2.05, 4.69) is 16.1 Å². The highest BCUT2D eigenvalue weighted by Gasteiger charge is 2.46. The van der Waals surface area contributed by atoms with Crippen LogP contribution in [-0.4, -0.2) is 61.2 Å². The summed E-state index contributed by atoms with van der Waals surface area (Å²) in [6.45, 7) is 2.44. The molecule has 2 fully saturated rings. The van der Waals surface area contributed by atoms with Gasteiger partial charge in [0.1, 0.15) is 12.4 Å². The predicted octanol–water partition coefficient (Wildman–Crippen LogP) is 4.26. The largest absolute Gasteiger partial charge is 0.489 e. The van der Waals surface area contributed by atoms with Gasteiger partial charge in [-0.05, 0) is 37.9 Å². The average molecular weight is 444 g/mol. The van der Waals surface area contributed by atoms with E-state index >= 15 is 0 Å². The third-order valence-electron chi connectivity index (χ3n) is 6.91. The fraction of sp³-hybridized carbons (Fsp3) is 0.600. The number of hydrogen-bond donors (Lipinski definition) is 0. The molecule has 7 heteroatoms. The molecule has 1 amide bonds. The van der Waals surface area contributed by atoms with E-state index < -0.39 is 5.41 Å². The van der Waals surface area contributed by atoms with Crippen LogP contribution < -0.4 is 4.74 Å². The molecule has 2 aromatic rings. The Hall–Kier alpha value is -2.41. The summed E-state index contributed by atoms with van der Waals surface area (Å²) in [7, 11) is 3.61. The molecule has 174 valence electrons. The topological polar surface area (TPSA) is 58.8 Å². The molecule has 2 heterocycles. The van der Waals surface area contributed by atoms with Crippen LogP contribution in [0.15, 0.2) is 34.9 Å². The van der Waals surface area contributed by atoms with Gasteiger partial charge in [-0.1, -0.05) is 36.6 Å². The van der Waals surface area contributed by atoms with Gasteiger partial charge in [0.25, 0.3) is 0 Å². The maximum absolute atomic E-state index is 13.8. The van der Waals surface area contributed by atoms with Crippen LogP contribution in [0.3, 0.4) is 0 Å². The zero-order valence-corrected chi connectivity index (χ0v) is 19.2. The number of hydrogen-bond acceptors (Lipinski definition) is 5. The molecule has 1 aliphatic carbocycles. The zero-order valence-electron chi connectivity index (χ0n) is 19.2. The minimum Gasteiger partial charge on any atom is -0.489 e. The Kier molecular flexibility index (Phi) is 7.13. The molecule has 1 aliphatic heterocycles. The number of aromatic nitrogens is 1. The molecule has 2 aliphatic rings. The van der Waals surface area contributed by atoms with Crippen molar-refractivity contribution in [2.45, 2.75) is 50.9 Å². The Labute approximate surface area is 189 Å². The van der Waals surface area contributed by atoms with Crippen molar-refractivity contribution in [1.82, 2.24) is 15.0 Å². The monoisotopic (exact) mass is 443 g/mol. The van der Waals surface area contributed by atoms with Crippen molar-refractivity contribution < 1.29 is 18.4 Å². The lowest BCUT2D eigenvalue weighted by Crippen LogP contribution is -2.44. The third-order valence-corrected chi connectivity index (χ3v) is 6.91. The lowest BCUT2D eigenvalue weighted by molar-refractivity contribution is -0.139. The SMILES string of the molecule is CN(C)C(=O)[C@@]1(Cc2cc(C3CCCCC3)no2)CCN(CCOc2ccccc2F)C1. The first-order valence-electron chi connectivity index (χ1n) is 11.7. The van der Waals surface area contributed by atoms with Crippen LogP contribution in [0, 0.1) is 11.2 Å². The number of amides is 1. The summed E-state index contributed by atoms with van der Waals surface area (Å²) in [6.07, 6.45) is 7.45.